The minimum Gasteiger partial charge on any atom is -0.471 e. The number of halogens is 2. The normalized spacial score (nSPS) is 10.8. The lowest BCUT2D eigenvalue weighted by Gasteiger charge is -2.07. The highest BCUT2D eigenvalue weighted by molar-refractivity contribution is 6.33. The van der Waals surface area contributed by atoms with Crippen molar-refractivity contribution in [1.82, 2.24) is 19.6 Å². The Morgan fingerprint density at radius 1 is 0.806 bits per heavy atom. The molecular formula is C27H21Cl2N5O2. The van der Waals surface area contributed by atoms with Gasteiger partial charge in [-0.15, -0.1) is 0 Å². The van der Waals surface area contributed by atoms with Crippen molar-refractivity contribution in [2.75, 3.05) is 5.32 Å². The summed E-state index contributed by atoms with van der Waals surface area (Å²) >= 11 is 12.5. The Bertz CT molecular complexity index is 1480. The van der Waals surface area contributed by atoms with E-state index >= 15 is 0 Å². The number of aromatic nitrogens is 4. The molecule has 0 spiro atoms. The minimum absolute atomic E-state index is 0.158. The number of rotatable bonds is 8. The second-order valence-corrected chi connectivity index (χ2v) is 8.79. The Kier molecular flexibility index (Phi) is 7.02. The first kappa shape index (κ1) is 23.7. The standard InChI is InChI=1S/C27H21Cl2N5O2/c28-23-9-5-4-8-21(23)16-34-17-24(29)26(32-34)30-27(35)25-14-15-33(31-25)18-36-22-12-10-20(11-13-22)19-6-2-1-3-7-19/h1-15,17H,16,18H2,(H,30,32,35). The zero-order valence-electron chi connectivity index (χ0n) is 19.0. The zero-order valence-corrected chi connectivity index (χ0v) is 20.5. The van der Waals surface area contributed by atoms with E-state index in [1.54, 1.807) is 23.1 Å². The van der Waals surface area contributed by atoms with Crippen LogP contribution >= 0.6 is 23.2 Å². The van der Waals surface area contributed by atoms with Gasteiger partial charge in [0.2, 0.25) is 0 Å². The monoisotopic (exact) mass is 517 g/mol. The van der Waals surface area contributed by atoms with Crippen LogP contribution in [0.15, 0.2) is 97.3 Å². The van der Waals surface area contributed by atoms with Crippen molar-refractivity contribution >= 4 is 34.9 Å². The summed E-state index contributed by atoms with van der Waals surface area (Å²) in [6.07, 6.45) is 3.31. The first-order chi connectivity index (χ1) is 17.5. The first-order valence-corrected chi connectivity index (χ1v) is 11.9. The van der Waals surface area contributed by atoms with Gasteiger partial charge < -0.3 is 10.1 Å². The van der Waals surface area contributed by atoms with Crippen molar-refractivity contribution in [3.05, 3.63) is 119 Å². The number of nitrogens with zero attached hydrogens (tertiary/aromatic N) is 4. The summed E-state index contributed by atoms with van der Waals surface area (Å²) in [5.41, 5.74) is 3.36. The van der Waals surface area contributed by atoms with Crippen LogP contribution in [0.25, 0.3) is 11.1 Å². The second-order valence-electron chi connectivity index (χ2n) is 7.97. The lowest BCUT2D eigenvalue weighted by atomic mass is 10.1. The zero-order chi connectivity index (χ0) is 24.9. The van der Waals surface area contributed by atoms with Crippen molar-refractivity contribution in [3.63, 3.8) is 0 Å². The summed E-state index contributed by atoms with van der Waals surface area (Å²) in [4.78, 5) is 12.7. The highest BCUT2D eigenvalue weighted by Crippen LogP contribution is 2.23. The molecule has 0 aliphatic heterocycles. The maximum absolute atomic E-state index is 12.7. The Morgan fingerprint density at radius 3 is 2.31 bits per heavy atom. The predicted molar refractivity (Wildman–Crippen MR) is 140 cm³/mol. The molecule has 36 heavy (non-hydrogen) atoms. The summed E-state index contributed by atoms with van der Waals surface area (Å²) in [6, 6.07) is 27.0. The smallest absolute Gasteiger partial charge is 0.277 e. The van der Waals surface area contributed by atoms with Crippen LogP contribution < -0.4 is 10.1 Å². The van der Waals surface area contributed by atoms with Gasteiger partial charge in [0.05, 0.1) is 6.54 Å². The van der Waals surface area contributed by atoms with Crippen LogP contribution in [0.2, 0.25) is 10.0 Å². The average molecular weight is 518 g/mol. The predicted octanol–water partition coefficient (Wildman–Crippen LogP) is 6.39. The summed E-state index contributed by atoms with van der Waals surface area (Å²) < 4.78 is 8.96. The topological polar surface area (TPSA) is 74.0 Å². The first-order valence-electron chi connectivity index (χ1n) is 11.1. The van der Waals surface area contributed by atoms with Gasteiger partial charge in [-0.3, -0.25) is 9.48 Å². The van der Waals surface area contributed by atoms with Crippen molar-refractivity contribution in [2.24, 2.45) is 0 Å². The van der Waals surface area contributed by atoms with Crippen LogP contribution in [-0.2, 0) is 13.3 Å². The van der Waals surface area contributed by atoms with E-state index in [4.69, 9.17) is 27.9 Å². The number of anilines is 1. The van der Waals surface area contributed by atoms with Gasteiger partial charge in [-0.2, -0.15) is 10.2 Å². The summed E-state index contributed by atoms with van der Waals surface area (Å²) in [5, 5.41) is 12.3. The largest absolute Gasteiger partial charge is 0.471 e. The quantitative estimate of drug-likeness (QED) is 0.258. The molecule has 2 heterocycles. The molecule has 1 N–H and O–H groups in total. The van der Waals surface area contributed by atoms with E-state index in [-0.39, 0.29) is 18.2 Å². The summed E-state index contributed by atoms with van der Waals surface area (Å²) in [6.45, 7) is 0.582. The molecule has 0 radical (unpaired) electrons. The fourth-order valence-corrected chi connectivity index (χ4v) is 4.00. The molecule has 0 aliphatic carbocycles. The van der Waals surface area contributed by atoms with E-state index in [1.165, 1.54) is 4.68 Å². The van der Waals surface area contributed by atoms with Gasteiger partial charge in [-0.1, -0.05) is 83.9 Å². The third-order valence-electron chi connectivity index (χ3n) is 5.44. The molecule has 0 saturated carbocycles. The molecule has 0 fully saturated rings. The summed E-state index contributed by atoms with van der Waals surface area (Å²) in [5.74, 6) is 0.524. The van der Waals surface area contributed by atoms with Crippen LogP contribution in [0.4, 0.5) is 5.82 Å². The molecule has 1 amide bonds. The molecule has 5 aromatic rings. The molecule has 0 aliphatic rings. The molecule has 3 aromatic carbocycles. The third kappa shape index (κ3) is 5.59. The van der Waals surface area contributed by atoms with Gasteiger partial charge in [-0.05, 0) is 41.0 Å². The molecular weight excluding hydrogens is 497 g/mol. The molecule has 5 rings (SSSR count). The fourth-order valence-electron chi connectivity index (χ4n) is 3.61. The number of carbonyl (C=O) groups is 1. The number of amides is 1. The van der Waals surface area contributed by atoms with E-state index in [1.807, 2.05) is 66.7 Å². The molecule has 7 nitrogen and oxygen atoms in total. The van der Waals surface area contributed by atoms with Crippen molar-refractivity contribution in [3.8, 4) is 16.9 Å². The van der Waals surface area contributed by atoms with Gasteiger partial charge in [0.25, 0.3) is 5.91 Å². The Hall–Kier alpha value is -4.07. The van der Waals surface area contributed by atoms with Crippen molar-refractivity contribution < 1.29 is 9.53 Å². The van der Waals surface area contributed by atoms with Gasteiger partial charge >= 0.3 is 0 Å². The van der Waals surface area contributed by atoms with Crippen LogP contribution in [0.1, 0.15) is 16.1 Å². The Morgan fingerprint density at radius 2 is 1.53 bits per heavy atom. The lowest BCUT2D eigenvalue weighted by Crippen LogP contribution is -2.15. The van der Waals surface area contributed by atoms with E-state index in [2.05, 4.69) is 27.6 Å². The van der Waals surface area contributed by atoms with Gasteiger partial charge in [-0.25, -0.2) is 4.68 Å². The number of hydrogen-bond acceptors (Lipinski definition) is 4. The van der Waals surface area contributed by atoms with E-state index in [0.29, 0.717) is 22.3 Å². The van der Waals surface area contributed by atoms with Crippen LogP contribution in [-0.4, -0.2) is 25.5 Å². The van der Waals surface area contributed by atoms with E-state index in [0.717, 1.165) is 16.7 Å². The van der Waals surface area contributed by atoms with E-state index < -0.39 is 5.91 Å². The van der Waals surface area contributed by atoms with Crippen molar-refractivity contribution in [1.29, 1.82) is 0 Å². The third-order valence-corrected chi connectivity index (χ3v) is 6.08. The number of carbonyl (C=O) groups excluding carboxylic acids is 1. The lowest BCUT2D eigenvalue weighted by molar-refractivity contribution is 0.101. The molecule has 0 atom stereocenters. The fraction of sp³-hybridized carbons (Fsp3) is 0.0741. The van der Waals surface area contributed by atoms with Gasteiger partial charge in [0.1, 0.15) is 10.8 Å². The average Bonchev–Trinajstić information content (AvgIpc) is 3.51. The number of ether oxygens (including phenoxy) is 1. The molecule has 0 bridgehead atoms. The number of hydrogen-bond donors (Lipinski definition) is 1. The summed E-state index contributed by atoms with van der Waals surface area (Å²) in [7, 11) is 0. The second kappa shape index (κ2) is 10.7. The number of nitrogens with one attached hydrogen (secondary N) is 1. The van der Waals surface area contributed by atoms with Gasteiger partial charge in [0.15, 0.2) is 18.2 Å². The van der Waals surface area contributed by atoms with E-state index in [9.17, 15) is 4.79 Å². The molecule has 0 unspecified atom stereocenters. The van der Waals surface area contributed by atoms with Crippen LogP contribution in [0, 0.1) is 0 Å². The molecule has 2 aromatic heterocycles. The van der Waals surface area contributed by atoms with Crippen LogP contribution in [0.3, 0.4) is 0 Å². The highest BCUT2D eigenvalue weighted by atomic mass is 35.5. The maximum Gasteiger partial charge on any atom is 0.277 e. The van der Waals surface area contributed by atoms with Crippen LogP contribution in [0.5, 0.6) is 5.75 Å². The molecule has 180 valence electrons. The Balaban J connectivity index is 1.18. The highest BCUT2D eigenvalue weighted by Gasteiger charge is 2.15. The molecule has 9 heteroatoms. The van der Waals surface area contributed by atoms with Gasteiger partial charge in [0, 0.05) is 17.4 Å². The maximum atomic E-state index is 12.7. The molecule has 0 saturated heterocycles. The SMILES string of the molecule is O=C(Nc1nn(Cc2ccccc2Cl)cc1Cl)c1ccn(COc2ccc(-c3ccccc3)cc2)n1. The number of benzene rings is 3. The van der Waals surface area contributed by atoms with Crippen molar-refractivity contribution in [2.45, 2.75) is 13.3 Å². The minimum atomic E-state index is -0.425. The Labute approximate surface area is 217 Å².